The van der Waals surface area contributed by atoms with Gasteiger partial charge in [0.2, 0.25) is 0 Å². The highest BCUT2D eigenvalue weighted by Gasteiger charge is 2.27. The minimum Gasteiger partial charge on any atom is -0.390 e. The third-order valence-electron chi connectivity index (χ3n) is 2.21. The summed E-state index contributed by atoms with van der Waals surface area (Å²) in [5.74, 6) is 0. The molecule has 0 aliphatic heterocycles. The van der Waals surface area contributed by atoms with Gasteiger partial charge in [-0.3, -0.25) is 4.68 Å². The lowest BCUT2D eigenvalue weighted by Crippen LogP contribution is -2.24. The smallest absolute Gasteiger partial charge is 0.390 e. The van der Waals surface area contributed by atoms with Crippen LogP contribution in [-0.4, -0.2) is 40.4 Å². The van der Waals surface area contributed by atoms with Gasteiger partial charge in [-0.1, -0.05) is 0 Å². The van der Waals surface area contributed by atoms with Gasteiger partial charge in [0.25, 0.3) is 0 Å². The van der Waals surface area contributed by atoms with Gasteiger partial charge in [0.15, 0.2) is 0 Å². The summed E-state index contributed by atoms with van der Waals surface area (Å²) < 4.78 is 41.5. The molecule has 0 saturated heterocycles. The van der Waals surface area contributed by atoms with Crippen LogP contribution in [0.1, 0.15) is 25.6 Å². The molecule has 7 heteroatoms. The van der Waals surface area contributed by atoms with E-state index in [1.165, 1.54) is 0 Å². The summed E-state index contributed by atoms with van der Waals surface area (Å²) in [4.78, 5) is 0. The first-order chi connectivity index (χ1) is 8.28. The van der Waals surface area contributed by atoms with Crippen LogP contribution in [0.5, 0.6) is 0 Å². The van der Waals surface area contributed by atoms with E-state index < -0.39 is 18.9 Å². The molecule has 0 aliphatic carbocycles. The maximum atomic E-state index is 11.8. The molecule has 1 atom stereocenters. The molecule has 0 radical (unpaired) electrons. The van der Waals surface area contributed by atoms with Gasteiger partial charge in [-0.2, -0.15) is 18.3 Å². The molecular formula is C11H17F3N2O2. The zero-order valence-corrected chi connectivity index (χ0v) is 10.3. The number of ether oxygens (including phenoxy) is 1. The Bertz CT molecular complexity index is 363. The molecule has 0 aromatic carbocycles. The summed E-state index contributed by atoms with van der Waals surface area (Å²) in [5.41, 5.74) is 0.631. The molecule has 1 rings (SSSR count). The lowest BCUT2D eigenvalue weighted by atomic mass is 10.2. The van der Waals surface area contributed by atoms with Gasteiger partial charge in [0, 0.05) is 18.7 Å². The van der Waals surface area contributed by atoms with Crippen molar-refractivity contribution in [1.29, 1.82) is 0 Å². The van der Waals surface area contributed by atoms with Crippen molar-refractivity contribution in [2.24, 2.45) is 0 Å². The maximum absolute atomic E-state index is 11.8. The number of hydrogen-bond donors (Lipinski definition) is 1. The van der Waals surface area contributed by atoms with E-state index in [9.17, 15) is 18.3 Å². The van der Waals surface area contributed by atoms with Crippen molar-refractivity contribution in [3.05, 3.63) is 18.0 Å². The van der Waals surface area contributed by atoms with Crippen molar-refractivity contribution >= 4 is 0 Å². The first-order valence-corrected chi connectivity index (χ1v) is 5.64. The van der Waals surface area contributed by atoms with E-state index in [0.29, 0.717) is 5.69 Å². The molecule has 0 aliphatic rings. The van der Waals surface area contributed by atoms with Crippen LogP contribution in [-0.2, 0) is 11.2 Å². The number of hydrogen-bond acceptors (Lipinski definition) is 3. The molecule has 1 aromatic heterocycles. The van der Waals surface area contributed by atoms with E-state index in [-0.39, 0.29) is 19.1 Å². The Morgan fingerprint density at radius 2 is 2.11 bits per heavy atom. The fraction of sp³-hybridized carbons (Fsp3) is 0.727. The van der Waals surface area contributed by atoms with Crippen LogP contribution in [0.2, 0.25) is 0 Å². The molecular weight excluding hydrogens is 249 g/mol. The van der Waals surface area contributed by atoms with E-state index in [1.807, 2.05) is 13.8 Å². The maximum Gasteiger partial charge on any atom is 0.411 e. The highest BCUT2D eigenvalue weighted by molar-refractivity contribution is 5.01. The standard InChI is InChI=1S/C11H17F3N2O2/c1-8(2)16-4-3-9(15-16)5-10(17)6-18-7-11(12,13)14/h3-4,8,10,17H,5-7H2,1-2H3. The topological polar surface area (TPSA) is 47.3 Å². The number of aromatic nitrogens is 2. The normalized spacial score (nSPS) is 14.2. The summed E-state index contributed by atoms with van der Waals surface area (Å²) in [5, 5.41) is 13.7. The summed E-state index contributed by atoms with van der Waals surface area (Å²) in [6.45, 7) is 2.22. The lowest BCUT2D eigenvalue weighted by Gasteiger charge is -2.11. The predicted molar refractivity (Wildman–Crippen MR) is 59.2 cm³/mol. The summed E-state index contributed by atoms with van der Waals surface area (Å²) in [6.07, 6.45) is -3.40. The molecule has 4 nitrogen and oxygen atoms in total. The Morgan fingerprint density at radius 3 is 2.61 bits per heavy atom. The van der Waals surface area contributed by atoms with E-state index in [4.69, 9.17) is 0 Å². The van der Waals surface area contributed by atoms with E-state index in [1.54, 1.807) is 16.9 Å². The third-order valence-corrected chi connectivity index (χ3v) is 2.21. The number of alkyl halides is 3. The van der Waals surface area contributed by atoms with Crippen LogP contribution < -0.4 is 0 Å². The Balaban J connectivity index is 2.33. The Labute approximate surface area is 103 Å². The largest absolute Gasteiger partial charge is 0.411 e. The van der Waals surface area contributed by atoms with Crippen molar-refractivity contribution in [3.8, 4) is 0 Å². The Hall–Kier alpha value is -1.08. The van der Waals surface area contributed by atoms with Crippen LogP contribution in [0.15, 0.2) is 12.3 Å². The van der Waals surface area contributed by atoms with E-state index >= 15 is 0 Å². The third kappa shape index (κ3) is 5.50. The molecule has 104 valence electrons. The van der Waals surface area contributed by atoms with Crippen LogP contribution in [0.25, 0.3) is 0 Å². The average molecular weight is 266 g/mol. The fourth-order valence-electron chi connectivity index (χ4n) is 1.38. The zero-order valence-electron chi connectivity index (χ0n) is 10.3. The quantitative estimate of drug-likeness (QED) is 0.856. The van der Waals surface area contributed by atoms with Crippen LogP contribution in [0, 0.1) is 0 Å². The molecule has 0 fully saturated rings. The summed E-state index contributed by atoms with van der Waals surface area (Å²) in [6, 6.07) is 1.94. The zero-order chi connectivity index (χ0) is 13.8. The number of rotatable bonds is 6. The van der Waals surface area contributed by atoms with Gasteiger partial charge < -0.3 is 9.84 Å². The molecule has 1 unspecified atom stereocenters. The first-order valence-electron chi connectivity index (χ1n) is 5.64. The highest BCUT2D eigenvalue weighted by Crippen LogP contribution is 2.14. The molecule has 0 bridgehead atoms. The Kier molecular flexibility index (Phi) is 5.15. The Morgan fingerprint density at radius 1 is 1.44 bits per heavy atom. The molecule has 0 spiro atoms. The number of halogens is 3. The predicted octanol–water partition coefficient (Wildman–Crippen LogP) is 1.95. The van der Waals surface area contributed by atoms with Crippen molar-refractivity contribution in [3.63, 3.8) is 0 Å². The monoisotopic (exact) mass is 266 g/mol. The molecule has 0 amide bonds. The fourth-order valence-corrected chi connectivity index (χ4v) is 1.38. The molecule has 1 aromatic rings. The summed E-state index contributed by atoms with van der Waals surface area (Å²) in [7, 11) is 0. The molecule has 0 saturated carbocycles. The first kappa shape index (κ1) is 15.0. The van der Waals surface area contributed by atoms with Crippen molar-refractivity contribution < 1.29 is 23.0 Å². The van der Waals surface area contributed by atoms with Gasteiger partial charge in [0.1, 0.15) is 6.61 Å². The van der Waals surface area contributed by atoms with Gasteiger partial charge in [-0.15, -0.1) is 0 Å². The van der Waals surface area contributed by atoms with Crippen LogP contribution >= 0.6 is 0 Å². The summed E-state index contributed by atoms with van der Waals surface area (Å²) >= 11 is 0. The number of aliphatic hydroxyl groups excluding tert-OH is 1. The minimum atomic E-state index is -4.36. The molecule has 1 heterocycles. The van der Waals surface area contributed by atoms with Crippen LogP contribution in [0.4, 0.5) is 13.2 Å². The highest BCUT2D eigenvalue weighted by atomic mass is 19.4. The molecule has 1 N–H and O–H groups in total. The van der Waals surface area contributed by atoms with Gasteiger partial charge >= 0.3 is 6.18 Å². The second-order valence-electron chi connectivity index (χ2n) is 4.37. The van der Waals surface area contributed by atoms with Crippen molar-refractivity contribution in [2.75, 3.05) is 13.2 Å². The van der Waals surface area contributed by atoms with E-state index in [0.717, 1.165) is 0 Å². The van der Waals surface area contributed by atoms with Crippen molar-refractivity contribution in [1.82, 2.24) is 9.78 Å². The van der Waals surface area contributed by atoms with Crippen molar-refractivity contribution in [2.45, 2.75) is 38.6 Å². The average Bonchev–Trinajstić information content (AvgIpc) is 2.64. The SMILES string of the molecule is CC(C)n1ccc(CC(O)COCC(F)(F)F)n1. The van der Waals surface area contributed by atoms with Gasteiger partial charge in [-0.05, 0) is 19.9 Å². The second-order valence-corrected chi connectivity index (χ2v) is 4.37. The molecule has 18 heavy (non-hydrogen) atoms. The minimum absolute atomic E-state index is 0.178. The number of aliphatic hydroxyl groups is 1. The van der Waals surface area contributed by atoms with E-state index in [2.05, 4.69) is 9.84 Å². The number of nitrogens with zero attached hydrogens (tertiary/aromatic N) is 2. The van der Waals surface area contributed by atoms with Gasteiger partial charge in [-0.25, -0.2) is 0 Å². The van der Waals surface area contributed by atoms with Gasteiger partial charge in [0.05, 0.1) is 18.4 Å². The lowest BCUT2D eigenvalue weighted by molar-refractivity contribution is -0.179. The van der Waals surface area contributed by atoms with Crippen LogP contribution in [0.3, 0.4) is 0 Å². The second kappa shape index (κ2) is 6.19.